The zero-order valence-corrected chi connectivity index (χ0v) is 27.7. The van der Waals surface area contributed by atoms with Crippen LogP contribution in [0.2, 0.25) is 12.1 Å². The second-order valence-electron chi connectivity index (χ2n) is 10.3. The Hall–Kier alpha value is -2.03. The fourth-order valence-corrected chi connectivity index (χ4v) is 7.61. The maximum Gasteiger partial charge on any atom is 0.0377 e. The number of allylic oxidation sites excluding steroid dienone is 2. The van der Waals surface area contributed by atoms with Crippen LogP contribution in [-0.4, -0.2) is 9.52 Å². The molecule has 1 aliphatic heterocycles. The molecular formula is C36H38HfSi-2. The monoisotopic (exact) mass is 678 g/mol. The van der Waals surface area contributed by atoms with Gasteiger partial charge in [0.1, 0.15) is 0 Å². The van der Waals surface area contributed by atoms with Crippen LogP contribution in [-0.2, 0) is 25.8 Å². The van der Waals surface area contributed by atoms with Gasteiger partial charge in [0.15, 0.2) is 0 Å². The molecule has 0 saturated carbocycles. The first-order chi connectivity index (χ1) is 17.8. The molecular weight excluding hydrogens is 639 g/mol. The molecule has 0 amide bonds. The molecule has 7 rings (SSSR count). The molecule has 2 unspecified atom stereocenters. The van der Waals surface area contributed by atoms with Crippen LogP contribution in [0.5, 0.6) is 0 Å². The first kappa shape index (κ1) is 29.0. The van der Waals surface area contributed by atoms with Crippen LogP contribution in [0.1, 0.15) is 73.6 Å². The molecule has 1 fully saturated rings. The van der Waals surface area contributed by atoms with Crippen LogP contribution in [0.25, 0.3) is 33.7 Å². The first-order valence-electron chi connectivity index (χ1n) is 13.8. The van der Waals surface area contributed by atoms with Crippen molar-refractivity contribution in [2.45, 2.75) is 63.5 Å². The fourth-order valence-electron chi connectivity index (χ4n) is 6.36. The van der Waals surface area contributed by atoms with Crippen LogP contribution >= 0.6 is 0 Å². The summed E-state index contributed by atoms with van der Waals surface area (Å²) in [6.07, 6.45) is 12.8. The summed E-state index contributed by atoms with van der Waals surface area (Å²) in [6.45, 7) is 4.60. The second-order valence-corrected chi connectivity index (χ2v) is 11.8. The van der Waals surface area contributed by atoms with Crippen LogP contribution in [0.4, 0.5) is 0 Å². The third-order valence-corrected chi connectivity index (χ3v) is 9.71. The fraction of sp³-hybridized carbons (Fsp3) is 0.278. The molecule has 0 bridgehead atoms. The topological polar surface area (TPSA) is 0 Å². The molecule has 1 saturated heterocycles. The van der Waals surface area contributed by atoms with Gasteiger partial charge in [-0.25, -0.2) is 0 Å². The van der Waals surface area contributed by atoms with Crippen molar-refractivity contribution in [1.82, 2.24) is 0 Å². The van der Waals surface area contributed by atoms with Gasteiger partial charge in [0.2, 0.25) is 0 Å². The summed E-state index contributed by atoms with van der Waals surface area (Å²) in [4.78, 5) is 0. The van der Waals surface area contributed by atoms with Gasteiger partial charge in [0.05, 0.1) is 0 Å². The number of fused-ring (bicyclic) bond motifs is 6. The van der Waals surface area contributed by atoms with Crippen LogP contribution in [0, 0.1) is 13.8 Å². The Morgan fingerprint density at radius 1 is 0.658 bits per heavy atom. The molecule has 2 atom stereocenters. The summed E-state index contributed by atoms with van der Waals surface area (Å²) in [6, 6.07) is 30.0. The van der Waals surface area contributed by atoms with Crippen molar-refractivity contribution >= 4 is 43.2 Å². The average Bonchev–Trinajstić information content (AvgIpc) is 3.69. The van der Waals surface area contributed by atoms with E-state index in [1.165, 1.54) is 89.4 Å². The smallest absolute Gasteiger partial charge is 0.0377 e. The maximum atomic E-state index is 2.63. The second kappa shape index (κ2) is 12.9. The third kappa shape index (κ3) is 5.36. The Labute approximate surface area is 251 Å². The van der Waals surface area contributed by atoms with Gasteiger partial charge in [-0.05, 0) is 45.5 Å². The number of hydrogen-bond donors (Lipinski definition) is 0. The molecule has 192 valence electrons. The zero-order chi connectivity index (χ0) is 24.5. The van der Waals surface area contributed by atoms with E-state index in [9.17, 15) is 0 Å². The van der Waals surface area contributed by atoms with Crippen molar-refractivity contribution in [3.8, 4) is 0 Å². The maximum absolute atomic E-state index is 2.63. The van der Waals surface area contributed by atoms with Gasteiger partial charge in [-0.1, -0.05) is 146 Å². The van der Waals surface area contributed by atoms with E-state index in [1.807, 2.05) is 0 Å². The molecule has 2 radical (unpaired) electrons. The van der Waals surface area contributed by atoms with Crippen molar-refractivity contribution in [1.29, 1.82) is 0 Å². The van der Waals surface area contributed by atoms with E-state index in [0.29, 0.717) is 11.8 Å². The minimum Gasteiger partial charge on any atom is -0.358 e. The molecule has 0 N–H and O–H groups in total. The number of hydrogen-bond acceptors (Lipinski definition) is 0. The van der Waals surface area contributed by atoms with Gasteiger partial charge >= 0.3 is 0 Å². The average molecular weight is 677 g/mol. The van der Waals surface area contributed by atoms with E-state index in [2.05, 4.69) is 105 Å². The van der Waals surface area contributed by atoms with Crippen molar-refractivity contribution in [3.05, 3.63) is 120 Å². The van der Waals surface area contributed by atoms with Crippen molar-refractivity contribution < 1.29 is 25.8 Å². The van der Waals surface area contributed by atoms with E-state index in [0.717, 1.165) is 12.8 Å². The van der Waals surface area contributed by atoms with Gasteiger partial charge in [-0.3, -0.25) is 0 Å². The molecule has 0 nitrogen and oxygen atoms in total. The van der Waals surface area contributed by atoms with Crippen molar-refractivity contribution in [2.24, 2.45) is 0 Å². The largest absolute Gasteiger partial charge is 0.358 e. The summed E-state index contributed by atoms with van der Waals surface area (Å²) in [5.41, 5.74) is 8.87. The van der Waals surface area contributed by atoms with Gasteiger partial charge in [0.25, 0.3) is 0 Å². The van der Waals surface area contributed by atoms with Crippen molar-refractivity contribution in [3.63, 3.8) is 0 Å². The molecule has 2 aliphatic carbocycles. The predicted octanol–water partition coefficient (Wildman–Crippen LogP) is 10.4. The standard InChI is InChI=1S/C31H27.C4H8Si.CH3.Hf/c1-3-20-17-30-24-11-7-5-9-22(24)13-15-26(30)28(20)19-29-21(4-2)18-31-25-12-8-6-10-23(25)14-16-27(29)31;1-2-4-5-3-1;;/h5-19,28-29H,3-4H2,1-2H3;1-4H2;1H3;/q-1;;-1;. The van der Waals surface area contributed by atoms with Gasteiger partial charge in [-0.15, -0.1) is 11.8 Å². The summed E-state index contributed by atoms with van der Waals surface area (Å²) in [5.74, 6) is 0.781. The van der Waals surface area contributed by atoms with E-state index >= 15 is 0 Å². The van der Waals surface area contributed by atoms with Gasteiger partial charge in [0, 0.05) is 35.4 Å². The SMILES string of the molecule is C1CC[Si]C1.CCC1=Cc2c(ccc3ccccc23)C1[CH-]C1C(CC)=Cc2c1ccc1ccccc21.[CH3-].[Hf]. The molecule has 0 aromatic heterocycles. The molecule has 3 aliphatic rings. The Kier molecular flexibility index (Phi) is 9.82. The van der Waals surface area contributed by atoms with Crippen LogP contribution in [0.15, 0.2) is 83.9 Å². The Bertz CT molecular complexity index is 1360. The summed E-state index contributed by atoms with van der Waals surface area (Å²) in [5, 5.41) is 5.43. The first-order valence-corrected chi connectivity index (χ1v) is 15.2. The van der Waals surface area contributed by atoms with E-state index in [4.69, 9.17) is 0 Å². The van der Waals surface area contributed by atoms with Gasteiger partial charge in [-0.2, -0.15) is 0 Å². The molecule has 4 aromatic carbocycles. The molecule has 2 heteroatoms. The summed E-state index contributed by atoms with van der Waals surface area (Å²) in [7, 11) is 1.31. The molecule has 38 heavy (non-hydrogen) atoms. The Morgan fingerprint density at radius 3 is 1.50 bits per heavy atom. The minimum atomic E-state index is 0. The molecule has 1 heterocycles. The molecule has 0 spiro atoms. The normalized spacial score (nSPS) is 19.0. The Balaban J connectivity index is 0.000000434. The summed E-state index contributed by atoms with van der Waals surface area (Å²) < 4.78 is 0. The number of rotatable bonds is 4. The van der Waals surface area contributed by atoms with E-state index in [-0.39, 0.29) is 33.3 Å². The van der Waals surface area contributed by atoms with Crippen LogP contribution < -0.4 is 0 Å². The molecule has 4 aromatic rings. The van der Waals surface area contributed by atoms with E-state index in [1.54, 1.807) is 0 Å². The third-order valence-electron chi connectivity index (χ3n) is 8.30. The zero-order valence-electron chi connectivity index (χ0n) is 23.1. The quantitative estimate of drug-likeness (QED) is 0.149. The van der Waals surface area contributed by atoms with E-state index < -0.39 is 0 Å². The summed E-state index contributed by atoms with van der Waals surface area (Å²) >= 11 is 0. The Morgan fingerprint density at radius 2 is 1.11 bits per heavy atom. The minimum absolute atomic E-state index is 0. The number of benzene rings is 4. The van der Waals surface area contributed by atoms with Crippen molar-refractivity contribution in [2.75, 3.05) is 0 Å². The predicted molar refractivity (Wildman–Crippen MR) is 165 cm³/mol. The van der Waals surface area contributed by atoms with Crippen LogP contribution in [0.3, 0.4) is 0 Å². The van der Waals surface area contributed by atoms with Gasteiger partial charge < -0.3 is 13.8 Å².